The smallest absolute Gasteiger partial charge is 0.341 e. The van der Waals surface area contributed by atoms with Crippen molar-refractivity contribution in [2.24, 2.45) is 5.73 Å². The van der Waals surface area contributed by atoms with Crippen LogP contribution in [0.5, 0.6) is 0 Å². The standard InChI is InChI=1S/C20H19FN4O3/c21-16-8-14-17(26)15(20(27)28)11-25(10-13-4-1-3-12(7-13)9-22)18(14)23-19(16)24-5-2-6-24/h1,3-4,7-8,11H,2,5-6,9-10,22H2,(H,27,28). The first-order valence-corrected chi connectivity index (χ1v) is 8.97. The molecule has 3 N–H and O–H groups in total. The Morgan fingerprint density at radius 2 is 2.00 bits per heavy atom. The molecular formula is C20H19FN4O3. The number of fused-ring (bicyclic) bond motifs is 1. The highest BCUT2D eigenvalue weighted by molar-refractivity contribution is 5.92. The number of carboxylic acids is 1. The van der Waals surface area contributed by atoms with E-state index in [-0.39, 0.29) is 23.4 Å². The van der Waals surface area contributed by atoms with E-state index in [2.05, 4.69) is 4.98 Å². The van der Waals surface area contributed by atoms with Crippen LogP contribution in [0, 0.1) is 5.82 Å². The summed E-state index contributed by atoms with van der Waals surface area (Å²) in [5.41, 5.74) is 6.60. The Labute approximate surface area is 159 Å². The molecular weight excluding hydrogens is 363 g/mol. The lowest BCUT2D eigenvalue weighted by Gasteiger charge is -2.32. The number of hydrogen-bond acceptors (Lipinski definition) is 5. The first-order chi connectivity index (χ1) is 13.5. The summed E-state index contributed by atoms with van der Waals surface area (Å²) in [6.07, 6.45) is 2.22. The molecule has 0 spiro atoms. The molecule has 1 fully saturated rings. The van der Waals surface area contributed by atoms with E-state index in [0.717, 1.165) is 23.6 Å². The molecule has 8 heteroatoms. The predicted octanol–water partition coefficient (Wildman–Crippen LogP) is 1.95. The minimum absolute atomic E-state index is 0.0448. The third-order valence-corrected chi connectivity index (χ3v) is 4.95. The Hall–Kier alpha value is -3.26. The number of nitrogens with two attached hydrogens (primary N) is 1. The number of aromatic nitrogens is 2. The van der Waals surface area contributed by atoms with Crippen LogP contribution in [0.4, 0.5) is 10.2 Å². The number of anilines is 1. The maximum absolute atomic E-state index is 14.5. The van der Waals surface area contributed by atoms with Gasteiger partial charge in [-0.1, -0.05) is 24.3 Å². The van der Waals surface area contributed by atoms with Gasteiger partial charge in [-0.2, -0.15) is 0 Å². The van der Waals surface area contributed by atoms with E-state index in [9.17, 15) is 19.1 Å². The van der Waals surface area contributed by atoms with Crippen molar-refractivity contribution in [1.82, 2.24) is 9.55 Å². The van der Waals surface area contributed by atoms with Crippen LogP contribution < -0.4 is 16.1 Å². The number of carboxylic acid groups (broad SMARTS) is 1. The molecule has 28 heavy (non-hydrogen) atoms. The normalized spacial score (nSPS) is 13.6. The van der Waals surface area contributed by atoms with Gasteiger partial charge in [-0.15, -0.1) is 0 Å². The number of hydrogen-bond donors (Lipinski definition) is 2. The molecule has 3 heterocycles. The van der Waals surface area contributed by atoms with E-state index in [0.29, 0.717) is 19.6 Å². The summed E-state index contributed by atoms with van der Waals surface area (Å²) in [6.45, 7) is 2.06. The minimum Gasteiger partial charge on any atom is -0.477 e. The summed E-state index contributed by atoms with van der Waals surface area (Å²) in [4.78, 5) is 30.3. The van der Waals surface area contributed by atoms with Gasteiger partial charge in [0.2, 0.25) is 5.43 Å². The fourth-order valence-corrected chi connectivity index (χ4v) is 3.35. The second kappa shape index (κ2) is 7.05. The Morgan fingerprint density at radius 1 is 1.25 bits per heavy atom. The van der Waals surface area contributed by atoms with Crippen molar-refractivity contribution in [1.29, 1.82) is 0 Å². The van der Waals surface area contributed by atoms with Gasteiger partial charge in [-0.25, -0.2) is 14.2 Å². The van der Waals surface area contributed by atoms with Crippen LogP contribution in [0.25, 0.3) is 11.0 Å². The number of benzene rings is 1. The zero-order valence-electron chi connectivity index (χ0n) is 15.1. The number of aromatic carboxylic acids is 1. The zero-order chi connectivity index (χ0) is 19.8. The fourth-order valence-electron chi connectivity index (χ4n) is 3.35. The second-order valence-corrected chi connectivity index (χ2v) is 6.83. The summed E-state index contributed by atoms with van der Waals surface area (Å²) >= 11 is 0. The Kier molecular flexibility index (Phi) is 4.56. The highest BCUT2D eigenvalue weighted by Gasteiger charge is 2.23. The number of halogens is 1. The second-order valence-electron chi connectivity index (χ2n) is 6.83. The molecule has 3 aromatic rings. The number of nitrogens with zero attached hydrogens (tertiary/aromatic N) is 3. The van der Waals surface area contributed by atoms with Crippen LogP contribution in [-0.4, -0.2) is 33.7 Å². The van der Waals surface area contributed by atoms with Crippen LogP contribution in [0.3, 0.4) is 0 Å². The average molecular weight is 382 g/mol. The van der Waals surface area contributed by atoms with Gasteiger partial charge in [-0.3, -0.25) is 4.79 Å². The first kappa shape index (κ1) is 18.1. The van der Waals surface area contributed by atoms with Crippen molar-refractivity contribution in [2.75, 3.05) is 18.0 Å². The lowest BCUT2D eigenvalue weighted by Crippen LogP contribution is -2.38. The maximum Gasteiger partial charge on any atom is 0.341 e. The molecule has 0 unspecified atom stereocenters. The van der Waals surface area contributed by atoms with Crippen molar-refractivity contribution in [3.05, 3.63) is 69.3 Å². The van der Waals surface area contributed by atoms with Crippen LogP contribution >= 0.6 is 0 Å². The van der Waals surface area contributed by atoms with E-state index >= 15 is 0 Å². The summed E-state index contributed by atoms with van der Waals surface area (Å²) in [5.74, 6) is -1.79. The molecule has 0 radical (unpaired) electrons. The van der Waals surface area contributed by atoms with Crippen molar-refractivity contribution in [3.8, 4) is 0 Å². The molecule has 7 nitrogen and oxygen atoms in total. The summed E-state index contributed by atoms with van der Waals surface area (Å²) < 4.78 is 16.1. The lowest BCUT2D eigenvalue weighted by atomic mass is 10.1. The van der Waals surface area contributed by atoms with E-state index in [1.165, 1.54) is 6.20 Å². The van der Waals surface area contributed by atoms with Gasteiger partial charge in [0.25, 0.3) is 0 Å². The van der Waals surface area contributed by atoms with Crippen LogP contribution in [0.1, 0.15) is 27.9 Å². The average Bonchev–Trinajstić information content (AvgIpc) is 2.63. The third kappa shape index (κ3) is 3.11. The van der Waals surface area contributed by atoms with Gasteiger partial charge in [0.1, 0.15) is 11.2 Å². The molecule has 2 aromatic heterocycles. The molecule has 1 aromatic carbocycles. The van der Waals surface area contributed by atoms with Gasteiger partial charge in [-0.05, 0) is 23.6 Å². The Morgan fingerprint density at radius 3 is 2.64 bits per heavy atom. The van der Waals surface area contributed by atoms with Crippen molar-refractivity contribution >= 4 is 22.8 Å². The highest BCUT2D eigenvalue weighted by atomic mass is 19.1. The molecule has 1 saturated heterocycles. The number of pyridine rings is 2. The molecule has 0 saturated carbocycles. The van der Waals surface area contributed by atoms with Crippen LogP contribution in [-0.2, 0) is 13.1 Å². The largest absolute Gasteiger partial charge is 0.477 e. The monoisotopic (exact) mass is 382 g/mol. The van der Waals surface area contributed by atoms with E-state index < -0.39 is 22.8 Å². The summed E-state index contributed by atoms with van der Waals surface area (Å²) in [7, 11) is 0. The molecule has 1 aliphatic rings. The van der Waals surface area contributed by atoms with Gasteiger partial charge in [0.15, 0.2) is 11.6 Å². The molecule has 0 bridgehead atoms. The Bertz CT molecular complexity index is 1140. The van der Waals surface area contributed by atoms with Crippen LogP contribution in [0.15, 0.2) is 41.3 Å². The van der Waals surface area contributed by atoms with Crippen molar-refractivity contribution < 1.29 is 14.3 Å². The van der Waals surface area contributed by atoms with Crippen molar-refractivity contribution in [2.45, 2.75) is 19.5 Å². The molecule has 0 atom stereocenters. The van der Waals surface area contributed by atoms with E-state index in [1.54, 1.807) is 9.47 Å². The number of rotatable bonds is 5. The fraction of sp³-hybridized carbons (Fsp3) is 0.250. The van der Waals surface area contributed by atoms with Gasteiger partial charge in [0, 0.05) is 32.4 Å². The van der Waals surface area contributed by atoms with Gasteiger partial charge < -0.3 is 20.3 Å². The molecule has 0 aliphatic carbocycles. The van der Waals surface area contributed by atoms with Gasteiger partial charge >= 0.3 is 5.97 Å². The number of carbonyl (C=O) groups is 1. The molecule has 0 amide bonds. The summed E-state index contributed by atoms with van der Waals surface area (Å²) in [5, 5.41) is 9.36. The molecule has 144 valence electrons. The SMILES string of the molecule is NCc1cccc(Cn2cc(C(=O)O)c(=O)c3cc(F)c(N4CCC4)nc32)c1. The molecule has 4 rings (SSSR count). The van der Waals surface area contributed by atoms with E-state index in [4.69, 9.17) is 5.73 Å². The quantitative estimate of drug-likeness (QED) is 0.699. The first-order valence-electron chi connectivity index (χ1n) is 8.97. The third-order valence-electron chi connectivity index (χ3n) is 4.95. The topological polar surface area (TPSA) is 101 Å². The zero-order valence-corrected chi connectivity index (χ0v) is 15.1. The predicted molar refractivity (Wildman–Crippen MR) is 103 cm³/mol. The minimum atomic E-state index is -1.36. The molecule has 1 aliphatic heterocycles. The maximum atomic E-state index is 14.5. The van der Waals surface area contributed by atoms with E-state index in [1.807, 2.05) is 24.3 Å². The summed E-state index contributed by atoms with van der Waals surface area (Å²) in [6, 6.07) is 8.63. The Balaban J connectivity index is 1.92. The van der Waals surface area contributed by atoms with Crippen molar-refractivity contribution in [3.63, 3.8) is 0 Å². The van der Waals surface area contributed by atoms with Gasteiger partial charge in [0.05, 0.1) is 5.39 Å². The lowest BCUT2D eigenvalue weighted by molar-refractivity contribution is 0.0695. The van der Waals surface area contributed by atoms with Crippen LogP contribution in [0.2, 0.25) is 0 Å². The highest BCUT2D eigenvalue weighted by Crippen LogP contribution is 2.25.